The van der Waals surface area contributed by atoms with Crippen molar-refractivity contribution in [3.8, 4) is 0 Å². The normalized spacial score (nSPS) is 30.6. The summed E-state index contributed by atoms with van der Waals surface area (Å²) < 4.78 is 31.5. The number of carbonyl (C=O) groups is 6. The quantitative estimate of drug-likeness (QED) is 0.140. The Morgan fingerprint density at radius 2 is 1.48 bits per heavy atom. The van der Waals surface area contributed by atoms with Crippen LogP contribution in [0.5, 0.6) is 0 Å². The fourth-order valence-electron chi connectivity index (χ4n) is 8.66. The SMILES string of the molecule is CC(=O)OCC(COC(C)=O)OC(=O)CC(C)CC(=O)OC(C)OC(=O)O[C@H]1CC[C@H]2[C@@H]3CCC4=CC(=O)CC[C@]4(C)[C@@H](CC[C@]12C)C3. The fourth-order valence-corrected chi connectivity index (χ4v) is 8.66. The van der Waals surface area contributed by atoms with E-state index in [1.807, 2.05) is 6.08 Å². The van der Waals surface area contributed by atoms with E-state index >= 15 is 0 Å². The second kappa shape index (κ2) is 15.8. The summed E-state index contributed by atoms with van der Waals surface area (Å²) in [5.74, 6) is -1.29. The highest BCUT2D eigenvalue weighted by molar-refractivity contribution is 5.91. The molecular formula is C36H52O12. The van der Waals surface area contributed by atoms with Gasteiger partial charge in [-0.1, -0.05) is 26.3 Å². The summed E-state index contributed by atoms with van der Waals surface area (Å²) in [6.45, 7) is 9.52. The second-order valence-electron chi connectivity index (χ2n) is 14.8. The van der Waals surface area contributed by atoms with E-state index in [0.717, 1.165) is 51.4 Å². The maximum absolute atomic E-state index is 12.9. The van der Waals surface area contributed by atoms with Crippen LogP contribution in [-0.2, 0) is 52.4 Å². The third-order valence-electron chi connectivity index (χ3n) is 11.2. The van der Waals surface area contributed by atoms with Crippen molar-refractivity contribution in [1.82, 2.24) is 0 Å². The van der Waals surface area contributed by atoms with Gasteiger partial charge in [-0.05, 0) is 86.5 Å². The molecule has 0 heterocycles. The van der Waals surface area contributed by atoms with E-state index in [0.29, 0.717) is 24.2 Å². The zero-order valence-corrected chi connectivity index (χ0v) is 29.2. The van der Waals surface area contributed by atoms with E-state index in [2.05, 4.69) is 13.8 Å². The lowest BCUT2D eigenvalue weighted by Gasteiger charge is -2.42. The predicted octanol–water partition coefficient (Wildman–Crippen LogP) is 5.77. The summed E-state index contributed by atoms with van der Waals surface area (Å²) in [7, 11) is 0. The third-order valence-corrected chi connectivity index (χ3v) is 11.2. The van der Waals surface area contributed by atoms with Crippen molar-refractivity contribution < 1.29 is 57.2 Å². The van der Waals surface area contributed by atoms with Crippen LogP contribution in [0.3, 0.4) is 0 Å². The molecule has 3 saturated carbocycles. The maximum Gasteiger partial charge on any atom is 0.511 e. The molecule has 0 aromatic rings. The van der Waals surface area contributed by atoms with Crippen LogP contribution in [0.25, 0.3) is 0 Å². The van der Waals surface area contributed by atoms with Crippen LogP contribution in [0.4, 0.5) is 4.79 Å². The Hall–Kier alpha value is -3.44. The van der Waals surface area contributed by atoms with Crippen molar-refractivity contribution in [1.29, 1.82) is 0 Å². The van der Waals surface area contributed by atoms with E-state index < -0.39 is 48.3 Å². The van der Waals surface area contributed by atoms with Crippen molar-refractivity contribution >= 4 is 35.8 Å². The zero-order valence-electron chi connectivity index (χ0n) is 29.2. The average molecular weight is 677 g/mol. The van der Waals surface area contributed by atoms with Crippen LogP contribution in [-0.4, -0.2) is 67.5 Å². The number of ether oxygens (including phenoxy) is 6. The number of fused-ring (bicyclic) bond motifs is 6. The minimum absolute atomic E-state index is 0.0585. The zero-order chi connectivity index (χ0) is 35.2. The minimum Gasteiger partial charge on any atom is -0.462 e. The number of hydrogen-bond donors (Lipinski definition) is 0. The predicted molar refractivity (Wildman–Crippen MR) is 170 cm³/mol. The summed E-state index contributed by atoms with van der Waals surface area (Å²) in [5.41, 5.74) is 1.21. The summed E-state index contributed by atoms with van der Waals surface area (Å²) in [4.78, 5) is 72.4. The smallest absolute Gasteiger partial charge is 0.462 e. The van der Waals surface area contributed by atoms with Gasteiger partial charge < -0.3 is 28.4 Å². The first-order valence-corrected chi connectivity index (χ1v) is 17.4. The van der Waals surface area contributed by atoms with Gasteiger partial charge in [0, 0.05) is 45.4 Å². The van der Waals surface area contributed by atoms with Gasteiger partial charge in [0.2, 0.25) is 6.29 Å². The lowest BCUT2D eigenvalue weighted by molar-refractivity contribution is -0.172. The van der Waals surface area contributed by atoms with Crippen LogP contribution in [0.1, 0.15) is 112 Å². The molecule has 2 unspecified atom stereocenters. The lowest BCUT2D eigenvalue weighted by Crippen LogP contribution is -2.38. The Bertz CT molecular complexity index is 1260. The van der Waals surface area contributed by atoms with Gasteiger partial charge in [-0.15, -0.1) is 0 Å². The Balaban J connectivity index is 1.23. The molecular weight excluding hydrogens is 624 g/mol. The van der Waals surface area contributed by atoms with Gasteiger partial charge in [0.05, 0.1) is 0 Å². The van der Waals surface area contributed by atoms with Gasteiger partial charge in [0.1, 0.15) is 19.3 Å². The third kappa shape index (κ3) is 9.37. The molecule has 8 atom stereocenters. The van der Waals surface area contributed by atoms with Crippen molar-refractivity contribution in [2.24, 2.45) is 34.5 Å². The molecule has 48 heavy (non-hydrogen) atoms. The topological polar surface area (TPSA) is 158 Å². The Labute approximate surface area is 282 Å². The van der Waals surface area contributed by atoms with Crippen molar-refractivity contribution in [3.63, 3.8) is 0 Å². The second-order valence-corrected chi connectivity index (χ2v) is 14.8. The Morgan fingerprint density at radius 1 is 0.833 bits per heavy atom. The van der Waals surface area contributed by atoms with Gasteiger partial charge in [-0.3, -0.25) is 24.0 Å². The maximum atomic E-state index is 12.9. The lowest BCUT2D eigenvalue weighted by atomic mass is 9.63. The minimum atomic E-state index is -1.19. The van der Waals surface area contributed by atoms with Gasteiger partial charge in [-0.2, -0.15) is 0 Å². The van der Waals surface area contributed by atoms with Gasteiger partial charge in [0.25, 0.3) is 0 Å². The summed E-state index contributed by atoms with van der Waals surface area (Å²) in [6, 6.07) is 0. The number of carbonyl (C=O) groups excluding carboxylic acids is 6. The standard InChI is InChI=1S/C36H52O12/c1-21(16-33(41)47-29(19-43-22(2)37)20-44-23(3)38)15-32(40)45-24(4)46-34(42)48-31-10-9-30-25-7-8-26-18-28(39)12-14-35(26,5)27(17-25)11-13-36(30,31)6/h18,21,24-25,27,29-31H,7-17,19-20H2,1-6H3/t21?,24?,25-,27+,30+,31+,35+,36+/m1/s1. The van der Waals surface area contributed by atoms with Gasteiger partial charge in [-0.25, -0.2) is 4.79 Å². The molecule has 0 radical (unpaired) electrons. The molecule has 0 aliphatic heterocycles. The van der Waals surface area contributed by atoms with Crippen LogP contribution in [0.2, 0.25) is 0 Å². The highest BCUT2D eigenvalue weighted by Crippen LogP contribution is 2.62. The van der Waals surface area contributed by atoms with E-state index in [-0.39, 0.29) is 48.8 Å². The molecule has 0 aromatic carbocycles. The molecule has 3 fully saturated rings. The van der Waals surface area contributed by atoms with Crippen LogP contribution < -0.4 is 0 Å². The van der Waals surface area contributed by atoms with Crippen molar-refractivity contribution in [2.75, 3.05) is 13.2 Å². The average Bonchev–Trinajstić information content (AvgIpc) is 3.12. The molecule has 0 N–H and O–H groups in total. The molecule has 0 spiro atoms. The van der Waals surface area contributed by atoms with E-state index in [1.54, 1.807) is 6.92 Å². The van der Waals surface area contributed by atoms with Crippen molar-refractivity contribution in [3.05, 3.63) is 11.6 Å². The monoisotopic (exact) mass is 676 g/mol. The molecule has 0 aromatic heterocycles. The summed E-state index contributed by atoms with van der Waals surface area (Å²) >= 11 is 0. The first-order chi connectivity index (χ1) is 22.6. The summed E-state index contributed by atoms with van der Waals surface area (Å²) in [6.07, 6.45) is 6.65. The molecule has 12 nitrogen and oxygen atoms in total. The van der Waals surface area contributed by atoms with Crippen LogP contribution in [0, 0.1) is 34.5 Å². The molecule has 0 amide bonds. The number of ketones is 1. The summed E-state index contributed by atoms with van der Waals surface area (Å²) in [5, 5.41) is 0. The Morgan fingerprint density at radius 3 is 2.12 bits per heavy atom. The van der Waals surface area contributed by atoms with E-state index in [1.165, 1.54) is 26.3 Å². The highest BCUT2D eigenvalue weighted by atomic mass is 16.8. The molecule has 2 bridgehead atoms. The molecule has 4 rings (SSSR count). The van der Waals surface area contributed by atoms with Gasteiger partial charge in [0.15, 0.2) is 11.9 Å². The Kier molecular flexibility index (Phi) is 12.3. The number of rotatable bonds is 12. The van der Waals surface area contributed by atoms with Gasteiger partial charge >= 0.3 is 30.0 Å². The number of allylic oxidation sites excluding steroid dienone is 2. The van der Waals surface area contributed by atoms with E-state index in [9.17, 15) is 28.8 Å². The largest absolute Gasteiger partial charge is 0.511 e. The fraction of sp³-hybridized carbons (Fsp3) is 0.778. The molecule has 268 valence electrons. The number of hydrogen-bond acceptors (Lipinski definition) is 12. The first kappa shape index (κ1) is 37.4. The molecule has 4 aliphatic carbocycles. The molecule has 12 heteroatoms. The highest BCUT2D eigenvalue weighted by Gasteiger charge is 2.56. The van der Waals surface area contributed by atoms with E-state index in [4.69, 9.17) is 28.4 Å². The van der Waals surface area contributed by atoms with Crippen molar-refractivity contribution in [2.45, 2.75) is 131 Å². The van der Waals surface area contributed by atoms with Crippen LogP contribution in [0.15, 0.2) is 11.6 Å². The molecule has 0 saturated heterocycles. The molecule has 4 aliphatic rings. The number of esters is 4. The van der Waals surface area contributed by atoms with Crippen LogP contribution >= 0.6 is 0 Å². The first-order valence-electron chi connectivity index (χ1n) is 17.4.